The molecule has 1 atom stereocenters. The van der Waals surface area contributed by atoms with E-state index in [0.29, 0.717) is 42.7 Å². The first-order chi connectivity index (χ1) is 15.4. The molecule has 2 aromatic carbocycles. The maximum atomic E-state index is 12.5. The van der Waals surface area contributed by atoms with Crippen molar-refractivity contribution in [2.75, 3.05) is 20.2 Å². The second-order valence-corrected chi connectivity index (χ2v) is 8.47. The average molecular weight is 436 g/mol. The summed E-state index contributed by atoms with van der Waals surface area (Å²) in [5.74, 6) is 2.28. The molecule has 1 saturated heterocycles. The predicted octanol–water partition coefficient (Wildman–Crippen LogP) is 4.40. The number of carbonyl (C=O) groups excluding carboxylic acids is 1. The number of methoxy groups -OCH3 is 1. The molecular weight excluding hydrogens is 406 g/mol. The van der Waals surface area contributed by atoms with Crippen LogP contribution in [0.15, 0.2) is 47.0 Å². The normalized spacial score (nSPS) is 16.1. The van der Waals surface area contributed by atoms with Crippen LogP contribution in [0.3, 0.4) is 0 Å². The van der Waals surface area contributed by atoms with Crippen LogP contribution in [-0.4, -0.2) is 47.3 Å². The Morgan fingerprint density at radius 3 is 2.78 bits per heavy atom. The fourth-order valence-corrected chi connectivity index (χ4v) is 3.96. The standard InChI is InChI=1S/C25H29N3O4/c1-16(2)31-21-9-8-19(13-22(21)30-4)24-26-25(32-27-24)20-14-23(29)28(15-20)11-10-18-7-5-6-17(3)12-18/h5-9,12-13,16,20H,10-11,14-15H2,1-4H3. The van der Waals surface area contributed by atoms with Gasteiger partial charge in [-0.05, 0) is 51.0 Å². The summed E-state index contributed by atoms with van der Waals surface area (Å²) >= 11 is 0. The molecule has 1 aliphatic heterocycles. The quantitative estimate of drug-likeness (QED) is 0.522. The fraction of sp³-hybridized carbons (Fsp3) is 0.400. The zero-order valence-electron chi connectivity index (χ0n) is 19.0. The molecule has 1 aromatic heterocycles. The van der Waals surface area contributed by atoms with Crippen molar-refractivity contribution in [3.05, 3.63) is 59.5 Å². The van der Waals surface area contributed by atoms with Gasteiger partial charge in [0, 0.05) is 25.1 Å². The highest BCUT2D eigenvalue weighted by atomic mass is 16.5. The van der Waals surface area contributed by atoms with Crippen molar-refractivity contribution in [2.45, 2.75) is 45.6 Å². The SMILES string of the molecule is COc1cc(-c2noc(C3CC(=O)N(CCc4cccc(C)c4)C3)n2)ccc1OC(C)C. The molecule has 0 radical (unpaired) electrons. The summed E-state index contributed by atoms with van der Waals surface area (Å²) in [7, 11) is 1.60. The lowest BCUT2D eigenvalue weighted by Gasteiger charge is -2.16. The molecule has 32 heavy (non-hydrogen) atoms. The first-order valence-electron chi connectivity index (χ1n) is 10.9. The van der Waals surface area contributed by atoms with Gasteiger partial charge in [0.25, 0.3) is 0 Å². The van der Waals surface area contributed by atoms with Crippen molar-refractivity contribution < 1.29 is 18.8 Å². The van der Waals surface area contributed by atoms with Crippen LogP contribution in [0, 0.1) is 6.92 Å². The Labute approximate surface area is 188 Å². The Hall–Kier alpha value is -3.35. The van der Waals surface area contributed by atoms with Gasteiger partial charge in [-0.3, -0.25) is 4.79 Å². The van der Waals surface area contributed by atoms with E-state index in [9.17, 15) is 4.79 Å². The second kappa shape index (κ2) is 9.42. The number of amides is 1. The summed E-state index contributed by atoms with van der Waals surface area (Å²) in [5.41, 5.74) is 3.24. The monoisotopic (exact) mass is 435 g/mol. The van der Waals surface area contributed by atoms with Crippen LogP contribution in [0.2, 0.25) is 0 Å². The summed E-state index contributed by atoms with van der Waals surface area (Å²) < 4.78 is 16.8. The van der Waals surface area contributed by atoms with Crippen LogP contribution in [-0.2, 0) is 11.2 Å². The van der Waals surface area contributed by atoms with Crippen LogP contribution < -0.4 is 9.47 Å². The third-order valence-electron chi connectivity index (χ3n) is 5.54. The van der Waals surface area contributed by atoms with Gasteiger partial charge in [-0.2, -0.15) is 4.98 Å². The lowest BCUT2D eigenvalue weighted by molar-refractivity contribution is -0.127. The zero-order valence-corrected chi connectivity index (χ0v) is 19.0. The molecule has 1 amide bonds. The van der Waals surface area contributed by atoms with Crippen molar-refractivity contribution >= 4 is 5.91 Å². The predicted molar refractivity (Wildman–Crippen MR) is 121 cm³/mol. The third kappa shape index (κ3) is 4.93. The maximum Gasteiger partial charge on any atom is 0.232 e. The highest BCUT2D eigenvalue weighted by Crippen LogP contribution is 2.34. The van der Waals surface area contributed by atoms with Gasteiger partial charge in [-0.25, -0.2) is 0 Å². The van der Waals surface area contributed by atoms with E-state index >= 15 is 0 Å². The lowest BCUT2D eigenvalue weighted by atomic mass is 10.1. The Balaban J connectivity index is 1.43. The molecule has 1 fully saturated rings. The lowest BCUT2D eigenvalue weighted by Crippen LogP contribution is -2.27. The zero-order chi connectivity index (χ0) is 22.7. The van der Waals surface area contributed by atoms with E-state index < -0.39 is 0 Å². The topological polar surface area (TPSA) is 77.7 Å². The molecule has 1 unspecified atom stereocenters. The summed E-state index contributed by atoms with van der Waals surface area (Å²) in [4.78, 5) is 19.0. The van der Waals surface area contributed by atoms with Crippen LogP contribution in [0.4, 0.5) is 0 Å². The fourth-order valence-electron chi connectivity index (χ4n) is 3.96. The molecule has 0 spiro atoms. The number of aromatic nitrogens is 2. The Bertz CT molecular complexity index is 1090. The molecule has 4 rings (SSSR count). The molecule has 0 N–H and O–H groups in total. The Morgan fingerprint density at radius 2 is 2.03 bits per heavy atom. The molecule has 7 nitrogen and oxygen atoms in total. The highest BCUT2D eigenvalue weighted by molar-refractivity contribution is 5.79. The van der Waals surface area contributed by atoms with Gasteiger partial charge >= 0.3 is 0 Å². The van der Waals surface area contributed by atoms with Gasteiger partial charge in [0.05, 0.1) is 19.1 Å². The Kier molecular flexibility index (Phi) is 6.44. The highest BCUT2D eigenvalue weighted by Gasteiger charge is 2.34. The third-order valence-corrected chi connectivity index (χ3v) is 5.54. The van der Waals surface area contributed by atoms with Crippen molar-refractivity contribution in [1.82, 2.24) is 15.0 Å². The van der Waals surface area contributed by atoms with E-state index in [1.807, 2.05) is 36.9 Å². The minimum atomic E-state index is -0.0910. The van der Waals surface area contributed by atoms with Gasteiger partial charge in [-0.1, -0.05) is 35.0 Å². The average Bonchev–Trinajstić information content (AvgIpc) is 3.39. The van der Waals surface area contributed by atoms with Gasteiger partial charge in [0.1, 0.15) is 0 Å². The Morgan fingerprint density at radius 1 is 1.19 bits per heavy atom. The number of ether oxygens (including phenoxy) is 2. The van der Waals surface area contributed by atoms with Gasteiger partial charge in [-0.15, -0.1) is 0 Å². The summed E-state index contributed by atoms with van der Waals surface area (Å²) in [6.45, 7) is 7.29. The van der Waals surface area contributed by atoms with Gasteiger partial charge in [0.2, 0.25) is 17.6 Å². The van der Waals surface area contributed by atoms with Crippen molar-refractivity contribution in [1.29, 1.82) is 0 Å². The molecule has 168 valence electrons. The van der Waals surface area contributed by atoms with Crippen LogP contribution >= 0.6 is 0 Å². The first-order valence-corrected chi connectivity index (χ1v) is 10.9. The molecule has 0 aliphatic carbocycles. The van der Waals surface area contributed by atoms with Crippen molar-refractivity contribution in [2.24, 2.45) is 0 Å². The van der Waals surface area contributed by atoms with E-state index in [1.165, 1.54) is 11.1 Å². The minimum Gasteiger partial charge on any atom is -0.493 e. The van der Waals surface area contributed by atoms with Crippen molar-refractivity contribution in [3.8, 4) is 22.9 Å². The summed E-state index contributed by atoms with van der Waals surface area (Å²) in [6, 6.07) is 13.9. The number of benzene rings is 2. The summed E-state index contributed by atoms with van der Waals surface area (Å²) in [6.07, 6.45) is 1.26. The summed E-state index contributed by atoms with van der Waals surface area (Å²) in [5, 5.41) is 4.14. The molecule has 7 heteroatoms. The number of nitrogens with zero attached hydrogens (tertiary/aromatic N) is 3. The molecule has 0 saturated carbocycles. The minimum absolute atomic E-state index is 0.0419. The van der Waals surface area contributed by atoms with E-state index in [-0.39, 0.29) is 17.9 Å². The number of likely N-dealkylation sites (tertiary alicyclic amines) is 1. The van der Waals surface area contributed by atoms with Crippen LogP contribution in [0.1, 0.15) is 43.2 Å². The van der Waals surface area contributed by atoms with E-state index in [0.717, 1.165) is 12.0 Å². The van der Waals surface area contributed by atoms with Crippen LogP contribution in [0.25, 0.3) is 11.4 Å². The van der Waals surface area contributed by atoms with Gasteiger partial charge in [0.15, 0.2) is 11.5 Å². The smallest absolute Gasteiger partial charge is 0.232 e. The van der Waals surface area contributed by atoms with Crippen LogP contribution in [0.5, 0.6) is 11.5 Å². The number of carbonyl (C=O) groups is 1. The number of rotatable bonds is 8. The number of hydrogen-bond acceptors (Lipinski definition) is 6. The molecular formula is C25H29N3O4. The van der Waals surface area contributed by atoms with E-state index in [4.69, 9.17) is 14.0 Å². The first kappa shape index (κ1) is 21.9. The largest absolute Gasteiger partial charge is 0.493 e. The number of hydrogen-bond donors (Lipinski definition) is 0. The molecule has 0 bridgehead atoms. The molecule has 3 aromatic rings. The molecule has 1 aliphatic rings. The second-order valence-electron chi connectivity index (χ2n) is 8.47. The van der Waals surface area contributed by atoms with Gasteiger partial charge < -0.3 is 18.9 Å². The van der Waals surface area contributed by atoms with E-state index in [1.54, 1.807) is 7.11 Å². The maximum absolute atomic E-state index is 12.5. The molecule has 2 heterocycles. The van der Waals surface area contributed by atoms with E-state index in [2.05, 4.69) is 41.3 Å². The van der Waals surface area contributed by atoms with Crippen molar-refractivity contribution in [3.63, 3.8) is 0 Å². The number of aryl methyl sites for hydroxylation is 1.